The SMILES string of the molecule is Cc1cccc(C)c1N(c1ccc2c(c1)C(C)(C)c1cc3c(cc1-2)oc1ccccc13)c1ccc2c3c(ccc2c1)-c1ccc2ccccc2c1C3(C)C. The molecule has 0 unspecified atom stereocenters. The molecule has 2 heteroatoms. The maximum atomic E-state index is 6.37. The highest BCUT2D eigenvalue weighted by Crippen LogP contribution is 2.55. The molecule has 0 atom stereocenters. The van der Waals surface area contributed by atoms with Crippen LogP contribution in [0.3, 0.4) is 0 Å². The molecule has 0 fully saturated rings. The smallest absolute Gasteiger partial charge is 0.136 e. The van der Waals surface area contributed by atoms with Crippen molar-refractivity contribution in [2.75, 3.05) is 4.90 Å². The molecule has 2 aliphatic rings. The molecule has 0 radical (unpaired) electrons. The van der Waals surface area contributed by atoms with E-state index < -0.39 is 0 Å². The van der Waals surface area contributed by atoms with Crippen LogP contribution in [0.1, 0.15) is 61.1 Å². The van der Waals surface area contributed by atoms with Crippen molar-refractivity contribution in [1.29, 1.82) is 0 Å². The van der Waals surface area contributed by atoms with Crippen LogP contribution in [0.15, 0.2) is 144 Å². The number of para-hydroxylation sites is 2. The summed E-state index contributed by atoms with van der Waals surface area (Å²) in [6.07, 6.45) is 0. The van der Waals surface area contributed by atoms with Gasteiger partial charge in [-0.1, -0.05) is 125 Å². The van der Waals surface area contributed by atoms with Gasteiger partial charge in [0, 0.05) is 33.0 Å². The Kier molecular flexibility index (Phi) is 6.24. The number of aryl methyl sites for hydroxylation is 2. The maximum Gasteiger partial charge on any atom is 0.136 e. The van der Waals surface area contributed by atoms with Crippen molar-refractivity contribution >= 4 is 60.5 Å². The van der Waals surface area contributed by atoms with Gasteiger partial charge < -0.3 is 9.32 Å². The molecule has 2 aliphatic carbocycles. The highest BCUT2D eigenvalue weighted by Gasteiger charge is 2.39. The number of hydrogen-bond donors (Lipinski definition) is 0. The normalized spacial score (nSPS) is 14.8. The molecule has 0 amide bonds. The summed E-state index contributed by atoms with van der Waals surface area (Å²) in [6, 6.07) is 52.1. The van der Waals surface area contributed by atoms with Gasteiger partial charge in [0.25, 0.3) is 0 Å². The van der Waals surface area contributed by atoms with E-state index in [1.54, 1.807) is 0 Å². The third-order valence-corrected chi connectivity index (χ3v) is 12.8. The molecule has 2 nitrogen and oxygen atoms in total. The minimum Gasteiger partial charge on any atom is -0.456 e. The van der Waals surface area contributed by atoms with E-state index >= 15 is 0 Å². The van der Waals surface area contributed by atoms with Crippen LogP contribution in [0.25, 0.3) is 65.7 Å². The number of fused-ring (bicyclic) bond motifs is 13. The Hall–Kier alpha value is -6.12. The zero-order chi connectivity index (χ0) is 36.7. The van der Waals surface area contributed by atoms with E-state index in [0.29, 0.717) is 0 Å². The van der Waals surface area contributed by atoms with E-state index in [0.717, 1.165) is 16.9 Å². The van der Waals surface area contributed by atoms with Crippen molar-refractivity contribution in [3.05, 3.63) is 173 Å². The molecule has 9 aromatic rings. The summed E-state index contributed by atoms with van der Waals surface area (Å²) in [6.45, 7) is 14.0. The van der Waals surface area contributed by atoms with Crippen LogP contribution in [-0.4, -0.2) is 0 Å². The third-order valence-electron chi connectivity index (χ3n) is 12.8. The average Bonchev–Trinajstić information content (AvgIpc) is 3.74. The van der Waals surface area contributed by atoms with Gasteiger partial charge in [-0.05, 0) is 133 Å². The maximum absolute atomic E-state index is 6.37. The van der Waals surface area contributed by atoms with E-state index in [2.05, 4.69) is 180 Å². The monoisotopic (exact) mass is 695 g/mol. The average molecular weight is 696 g/mol. The van der Waals surface area contributed by atoms with Crippen LogP contribution in [0.2, 0.25) is 0 Å². The van der Waals surface area contributed by atoms with E-state index in [1.807, 2.05) is 6.07 Å². The van der Waals surface area contributed by atoms with Gasteiger partial charge in [0.2, 0.25) is 0 Å². The van der Waals surface area contributed by atoms with Crippen molar-refractivity contribution in [2.24, 2.45) is 0 Å². The predicted octanol–water partition coefficient (Wildman–Crippen LogP) is 14.6. The fourth-order valence-corrected chi connectivity index (χ4v) is 10.3. The van der Waals surface area contributed by atoms with Gasteiger partial charge in [0.05, 0.1) is 5.69 Å². The number of anilines is 3. The molecule has 11 rings (SSSR count). The van der Waals surface area contributed by atoms with Crippen molar-refractivity contribution in [3.63, 3.8) is 0 Å². The Labute approximate surface area is 316 Å². The van der Waals surface area contributed by atoms with Gasteiger partial charge in [-0.15, -0.1) is 0 Å². The van der Waals surface area contributed by atoms with Gasteiger partial charge in [0.15, 0.2) is 0 Å². The molecule has 0 saturated carbocycles. The van der Waals surface area contributed by atoms with Crippen LogP contribution in [0, 0.1) is 13.8 Å². The van der Waals surface area contributed by atoms with Crippen LogP contribution in [0.4, 0.5) is 17.1 Å². The summed E-state index contributed by atoms with van der Waals surface area (Å²) in [7, 11) is 0. The Bertz CT molecular complexity index is 3060. The van der Waals surface area contributed by atoms with Crippen LogP contribution >= 0.6 is 0 Å². The molecule has 0 saturated heterocycles. The van der Waals surface area contributed by atoms with Crippen LogP contribution < -0.4 is 4.90 Å². The number of hydrogen-bond acceptors (Lipinski definition) is 2. The minimum absolute atomic E-state index is 0.132. The lowest BCUT2D eigenvalue weighted by molar-refractivity contribution is 0.658. The second kappa shape index (κ2) is 10.7. The second-order valence-electron chi connectivity index (χ2n) is 16.7. The summed E-state index contributed by atoms with van der Waals surface area (Å²) in [5.41, 5.74) is 18.5. The molecule has 0 spiro atoms. The van der Waals surface area contributed by atoms with Gasteiger partial charge >= 0.3 is 0 Å². The molecular formula is C52H41NO. The van der Waals surface area contributed by atoms with Crippen molar-refractivity contribution in [2.45, 2.75) is 52.4 Å². The lowest BCUT2D eigenvalue weighted by Gasteiger charge is -2.31. The topological polar surface area (TPSA) is 16.4 Å². The molecule has 1 heterocycles. The minimum atomic E-state index is -0.186. The zero-order valence-electron chi connectivity index (χ0n) is 31.6. The van der Waals surface area contributed by atoms with Crippen molar-refractivity contribution in [1.82, 2.24) is 0 Å². The first-order valence-corrected chi connectivity index (χ1v) is 19.2. The fraction of sp³-hybridized carbons (Fsp3) is 0.154. The van der Waals surface area contributed by atoms with Crippen molar-refractivity contribution in [3.8, 4) is 22.3 Å². The summed E-state index contributed by atoms with van der Waals surface area (Å²) in [4.78, 5) is 2.49. The lowest BCUT2D eigenvalue weighted by atomic mass is 9.78. The van der Waals surface area contributed by atoms with E-state index in [1.165, 1.54) is 99.3 Å². The number of rotatable bonds is 3. The van der Waals surface area contributed by atoms with Gasteiger partial charge in [-0.3, -0.25) is 0 Å². The second-order valence-corrected chi connectivity index (χ2v) is 16.7. The highest BCUT2D eigenvalue weighted by atomic mass is 16.3. The molecule has 260 valence electrons. The third kappa shape index (κ3) is 4.11. The summed E-state index contributed by atoms with van der Waals surface area (Å²) < 4.78 is 6.37. The first-order valence-electron chi connectivity index (χ1n) is 19.2. The first kappa shape index (κ1) is 31.4. The summed E-state index contributed by atoms with van der Waals surface area (Å²) >= 11 is 0. The molecule has 54 heavy (non-hydrogen) atoms. The molecular weight excluding hydrogens is 655 g/mol. The zero-order valence-corrected chi connectivity index (χ0v) is 31.6. The highest BCUT2D eigenvalue weighted by molar-refractivity contribution is 6.08. The first-order chi connectivity index (χ1) is 26.1. The van der Waals surface area contributed by atoms with E-state index in [9.17, 15) is 0 Å². The molecule has 0 N–H and O–H groups in total. The summed E-state index contributed by atoms with van der Waals surface area (Å²) in [5.74, 6) is 0. The number of nitrogens with zero attached hydrogens (tertiary/aromatic N) is 1. The Morgan fingerprint density at radius 2 is 1.04 bits per heavy atom. The fourth-order valence-electron chi connectivity index (χ4n) is 10.3. The van der Waals surface area contributed by atoms with Crippen molar-refractivity contribution < 1.29 is 4.42 Å². The molecule has 8 aromatic carbocycles. The predicted molar refractivity (Wildman–Crippen MR) is 228 cm³/mol. The van der Waals surface area contributed by atoms with E-state index in [-0.39, 0.29) is 10.8 Å². The standard InChI is InChI=1S/C52H41NO/c1-30-12-11-13-31(2)50(30)53(35-21-25-38-42-29-47-43(39-16-9-10-17-46(39)54-47)28-45(42)51(3,4)44(38)27-35)34-20-24-37-33(26-34)19-23-41-40-22-18-32-14-7-8-15-36(32)48(40)52(5,6)49(37)41/h7-29H,1-6H3. The van der Waals surface area contributed by atoms with Gasteiger partial charge in [-0.2, -0.15) is 0 Å². The Morgan fingerprint density at radius 3 is 1.81 bits per heavy atom. The largest absolute Gasteiger partial charge is 0.456 e. The molecule has 1 aromatic heterocycles. The van der Waals surface area contributed by atoms with Gasteiger partial charge in [-0.25, -0.2) is 0 Å². The molecule has 0 aliphatic heterocycles. The lowest BCUT2D eigenvalue weighted by Crippen LogP contribution is -2.17. The van der Waals surface area contributed by atoms with Crippen LogP contribution in [-0.2, 0) is 10.8 Å². The van der Waals surface area contributed by atoms with Crippen LogP contribution in [0.5, 0.6) is 0 Å². The molecule has 0 bridgehead atoms. The van der Waals surface area contributed by atoms with Gasteiger partial charge in [0.1, 0.15) is 11.2 Å². The Balaban J connectivity index is 1.09. The quantitative estimate of drug-likeness (QED) is 0.183. The summed E-state index contributed by atoms with van der Waals surface area (Å²) in [5, 5.41) is 7.60. The number of benzene rings is 8. The Morgan fingerprint density at radius 1 is 0.426 bits per heavy atom. The number of furan rings is 1. The van der Waals surface area contributed by atoms with E-state index in [4.69, 9.17) is 4.42 Å².